The number of aromatic nitrogens is 1. The minimum Gasteiger partial charge on any atom is -0.324 e. The van der Waals surface area contributed by atoms with Gasteiger partial charge in [0.05, 0.1) is 22.8 Å². The second-order valence-electron chi connectivity index (χ2n) is 5.84. The SMILES string of the molecule is CN(CC(=O)Nc1ccccc1Cl)Cc1cc(F)cc2cccnc12. The lowest BCUT2D eigenvalue weighted by Gasteiger charge is -2.17. The number of hydrogen-bond acceptors (Lipinski definition) is 3. The van der Waals surface area contributed by atoms with Gasteiger partial charge < -0.3 is 5.32 Å². The van der Waals surface area contributed by atoms with E-state index in [1.54, 1.807) is 48.5 Å². The number of hydrogen-bond donors (Lipinski definition) is 1. The van der Waals surface area contributed by atoms with Crippen molar-refractivity contribution in [1.82, 2.24) is 9.88 Å². The Kier molecular flexibility index (Phi) is 5.26. The minimum absolute atomic E-state index is 0.149. The number of amides is 1. The number of nitrogens with zero attached hydrogens (tertiary/aromatic N) is 2. The zero-order valence-electron chi connectivity index (χ0n) is 13.7. The highest BCUT2D eigenvalue weighted by Gasteiger charge is 2.12. The molecule has 0 saturated heterocycles. The molecule has 0 unspecified atom stereocenters. The van der Waals surface area contributed by atoms with Gasteiger partial charge in [-0.2, -0.15) is 0 Å². The second-order valence-corrected chi connectivity index (χ2v) is 6.25. The van der Waals surface area contributed by atoms with Crippen LogP contribution >= 0.6 is 11.6 Å². The summed E-state index contributed by atoms with van der Waals surface area (Å²) in [5, 5.41) is 4.00. The van der Waals surface area contributed by atoms with Crippen LogP contribution < -0.4 is 5.32 Å². The molecule has 3 rings (SSSR count). The zero-order chi connectivity index (χ0) is 17.8. The fraction of sp³-hybridized carbons (Fsp3) is 0.158. The van der Waals surface area contributed by atoms with Crippen molar-refractivity contribution < 1.29 is 9.18 Å². The monoisotopic (exact) mass is 357 g/mol. The second kappa shape index (κ2) is 7.59. The van der Waals surface area contributed by atoms with Crippen LogP contribution in [0.15, 0.2) is 54.7 Å². The molecule has 0 radical (unpaired) electrons. The lowest BCUT2D eigenvalue weighted by Crippen LogP contribution is -2.30. The van der Waals surface area contributed by atoms with E-state index in [1.807, 2.05) is 6.07 Å². The van der Waals surface area contributed by atoms with Crippen molar-refractivity contribution in [3.05, 3.63) is 71.1 Å². The number of nitrogens with one attached hydrogen (secondary N) is 1. The summed E-state index contributed by atoms with van der Waals surface area (Å²) in [6.07, 6.45) is 1.67. The average Bonchev–Trinajstić information content (AvgIpc) is 2.56. The highest BCUT2D eigenvalue weighted by molar-refractivity contribution is 6.33. The van der Waals surface area contributed by atoms with Gasteiger partial charge in [0.15, 0.2) is 0 Å². The summed E-state index contributed by atoms with van der Waals surface area (Å²) in [7, 11) is 1.80. The Morgan fingerprint density at radius 2 is 2.04 bits per heavy atom. The Morgan fingerprint density at radius 1 is 1.24 bits per heavy atom. The van der Waals surface area contributed by atoms with Gasteiger partial charge in [0, 0.05) is 18.1 Å². The molecule has 1 amide bonds. The van der Waals surface area contributed by atoms with E-state index in [2.05, 4.69) is 10.3 Å². The lowest BCUT2D eigenvalue weighted by atomic mass is 10.1. The molecular formula is C19H17ClFN3O. The van der Waals surface area contributed by atoms with Crippen molar-refractivity contribution in [2.45, 2.75) is 6.54 Å². The molecule has 0 bridgehead atoms. The van der Waals surface area contributed by atoms with Crippen LogP contribution in [0.4, 0.5) is 10.1 Å². The van der Waals surface area contributed by atoms with E-state index >= 15 is 0 Å². The fourth-order valence-corrected chi connectivity index (χ4v) is 2.88. The summed E-state index contributed by atoms with van der Waals surface area (Å²) in [6, 6.07) is 13.6. The molecule has 1 aromatic heterocycles. The van der Waals surface area contributed by atoms with E-state index in [0.717, 1.165) is 16.5 Å². The maximum absolute atomic E-state index is 13.8. The van der Waals surface area contributed by atoms with Crippen LogP contribution in [0.25, 0.3) is 10.9 Å². The Hall–Kier alpha value is -2.50. The number of benzene rings is 2. The van der Waals surface area contributed by atoms with Crippen molar-refractivity contribution in [2.24, 2.45) is 0 Å². The molecule has 0 saturated carbocycles. The number of carbonyl (C=O) groups is 1. The molecule has 2 aromatic carbocycles. The molecule has 3 aromatic rings. The number of carbonyl (C=O) groups excluding carboxylic acids is 1. The van der Waals surface area contributed by atoms with E-state index in [1.165, 1.54) is 12.1 Å². The number of rotatable bonds is 5. The maximum Gasteiger partial charge on any atom is 0.238 e. The molecule has 0 aliphatic carbocycles. The van der Waals surface area contributed by atoms with E-state index < -0.39 is 0 Å². The van der Waals surface area contributed by atoms with E-state index in [4.69, 9.17) is 11.6 Å². The van der Waals surface area contributed by atoms with Gasteiger partial charge in [-0.15, -0.1) is 0 Å². The Labute approximate surface area is 150 Å². The summed E-state index contributed by atoms with van der Waals surface area (Å²) in [5.74, 6) is -0.506. The first-order valence-corrected chi connectivity index (χ1v) is 8.17. The largest absolute Gasteiger partial charge is 0.324 e. The molecule has 0 aliphatic heterocycles. The van der Waals surface area contributed by atoms with E-state index in [-0.39, 0.29) is 18.3 Å². The highest BCUT2D eigenvalue weighted by atomic mass is 35.5. The summed E-state index contributed by atoms with van der Waals surface area (Å²) < 4.78 is 13.8. The Morgan fingerprint density at radius 3 is 2.84 bits per heavy atom. The number of halogens is 2. The van der Waals surface area contributed by atoms with Crippen molar-refractivity contribution in [3.8, 4) is 0 Å². The predicted octanol–water partition coefficient (Wildman–Crippen LogP) is 4.10. The molecule has 0 fully saturated rings. The molecule has 1 N–H and O–H groups in total. The summed E-state index contributed by atoms with van der Waals surface area (Å²) >= 11 is 6.04. The van der Waals surface area contributed by atoms with Gasteiger partial charge >= 0.3 is 0 Å². The smallest absolute Gasteiger partial charge is 0.238 e. The van der Waals surface area contributed by atoms with E-state index in [0.29, 0.717) is 17.3 Å². The molecule has 4 nitrogen and oxygen atoms in total. The normalized spacial score (nSPS) is 11.0. The fourth-order valence-electron chi connectivity index (χ4n) is 2.69. The van der Waals surface area contributed by atoms with Gasteiger partial charge in [-0.25, -0.2) is 4.39 Å². The molecule has 0 atom stereocenters. The predicted molar refractivity (Wildman–Crippen MR) is 98.1 cm³/mol. The number of anilines is 1. The van der Waals surface area contributed by atoms with Crippen LogP contribution in [0.1, 0.15) is 5.56 Å². The maximum atomic E-state index is 13.8. The molecule has 6 heteroatoms. The van der Waals surface area contributed by atoms with Gasteiger partial charge in [0.2, 0.25) is 5.91 Å². The third-order valence-electron chi connectivity index (χ3n) is 3.75. The molecule has 0 aliphatic rings. The first-order chi connectivity index (χ1) is 12.0. The molecule has 1 heterocycles. The molecule has 25 heavy (non-hydrogen) atoms. The number of likely N-dealkylation sites (N-methyl/N-ethyl adjacent to an activating group) is 1. The van der Waals surface area contributed by atoms with Crippen molar-refractivity contribution in [3.63, 3.8) is 0 Å². The Balaban J connectivity index is 1.69. The van der Waals surface area contributed by atoms with Crippen LogP contribution in [0, 0.1) is 5.82 Å². The molecular weight excluding hydrogens is 341 g/mol. The third kappa shape index (κ3) is 4.32. The topological polar surface area (TPSA) is 45.2 Å². The zero-order valence-corrected chi connectivity index (χ0v) is 14.4. The lowest BCUT2D eigenvalue weighted by molar-refractivity contribution is -0.117. The van der Waals surface area contributed by atoms with Gasteiger partial charge in [-0.1, -0.05) is 29.8 Å². The van der Waals surface area contributed by atoms with Gasteiger partial charge in [-0.05, 0) is 42.9 Å². The number of para-hydroxylation sites is 1. The third-order valence-corrected chi connectivity index (χ3v) is 4.08. The van der Waals surface area contributed by atoms with Crippen molar-refractivity contribution in [2.75, 3.05) is 18.9 Å². The summed E-state index contributed by atoms with van der Waals surface area (Å²) in [4.78, 5) is 18.3. The van der Waals surface area contributed by atoms with Gasteiger partial charge in [-0.3, -0.25) is 14.7 Å². The van der Waals surface area contributed by atoms with Crippen LogP contribution in [-0.2, 0) is 11.3 Å². The van der Waals surface area contributed by atoms with Crippen LogP contribution in [0.3, 0.4) is 0 Å². The van der Waals surface area contributed by atoms with Crippen LogP contribution in [-0.4, -0.2) is 29.4 Å². The van der Waals surface area contributed by atoms with Crippen molar-refractivity contribution in [1.29, 1.82) is 0 Å². The van der Waals surface area contributed by atoms with Crippen LogP contribution in [0.5, 0.6) is 0 Å². The highest BCUT2D eigenvalue weighted by Crippen LogP contribution is 2.21. The first-order valence-electron chi connectivity index (χ1n) is 7.79. The minimum atomic E-state index is -0.315. The average molecular weight is 358 g/mol. The molecule has 0 spiro atoms. The first kappa shape index (κ1) is 17.3. The van der Waals surface area contributed by atoms with Gasteiger partial charge in [0.1, 0.15) is 5.82 Å². The number of pyridine rings is 1. The van der Waals surface area contributed by atoms with E-state index in [9.17, 15) is 9.18 Å². The number of fused-ring (bicyclic) bond motifs is 1. The molecule has 128 valence electrons. The van der Waals surface area contributed by atoms with Crippen LogP contribution in [0.2, 0.25) is 5.02 Å². The summed E-state index contributed by atoms with van der Waals surface area (Å²) in [6.45, 7) is 0.553. The van der Waals surface area contributed by atoms with Gasteiger partial charge in [0.25, 0.3) is 0 Å². The standard InChI is InChI=1S/C19H17ClFN3O/c1-24(12-18(25)23-17-7-3-2-6-16(17)20)11-14-10-15(21)9-13-5-4-8-22-19(13)14/h2-10H,11-12H2,1H3,(H,23,25). The quantitative estimate of drug-likeness (QED) is 0.747. The summed E-state index contributed by atoms with van der Waals surface area (Å²) in [5.41, 5.74) is 2.05. The van der Waals surface area contributed by atoms with Crippen molar-refractivity contribution >= 4 is 34.1 Å². The Bertz CT molecular complexity index is 916.